The van der Waals surface area contributed by atoms with Crippen LogP contribution in [0.3, 0.4) is 0 Å². The van der Waals surface area contributed by atoms with Crippen molar-refractivity contribution in [3.63, 3.8) is 0 Å². The van der Waals surface area contributed by atoms with E-state index in [9.17, 15) is 4.39 Å². The fourth-order valence-corrected chi connectivity index (χ4v) is 1.72. The zero-order chi connectivity index (χ0) is 14.4. The van der Waals surface area contributed by atoms with Crippen LogP contribution in [0.4, 0.5) is 10.1 Å². The minimum Gasteiger partial charge on any atom is -0.493 e. The second kappa shape index (κ2) is 6.80. The Kier molecular flexibility index (Phi) is 4.82. The predicted molar refractivity (Wildman–Crippen MR) is 77.6 cm³/mol. The van der Waals surface area contributed by atoms with Crippen molar-refractivity contribution in [3.8, 4) is 11.5 Å². The van der Waals surface area contributed by atoms with E-state index in [0.29, 0.717) is 24.7 Å². The highest BCUT2D eigenvalue weighted by Crippen LogP contribution is 2.19. The van der Waals surface area contributed by atoms with E-state index in [0.717, 1.165) is 17.7 Å². The van der Waals surface area contributed by atoms with Gasteiger partial charge in [0.25, 0.3) is 0 Å². The quantitative estimate of drug-likeness (QED) is 0.647. The molecule has 20 heavy (non-hydrogen) atoms. The molecule has 0 aliphatic heterocycles. The van der Waals surface area contributed by atoms with Gasteiger partial charge in [-0.3, -0.25) is 0 Å². The van der Waals surface area contributed by atoms with Gasteiger partial charge < -0.3 is 15.2 Å². The summed E-state index contributed by atoms with van der Waals surface area (Å²) in [6.07, 6.45) is 0.723. The Morgan fingerprint density at radius 3 is 2.45 bits per heavy atom. The van der Waals surface area contributed by atoms with E-state index < -0.39 is 0 Å². The first-order valence-electron chi connectivity index (χ1n) is 6.52. The average Bonchev–Trinajstić information content (AvgIpc) is 2.44. The molecular weight excluding hydrogens is 257 g/mol. The Bertz CT molecular complexity index is 555. The van der Waals surface area contributed by atoms with Crippen LogP contribution in [0.5, 0.6) is 11.5 Å². The Morgan fingerprint density at radius 1 is 1.00 bits per heavy atom. The fraction of sp³-hybridized carbons (Fsp3) is 0.250. The summed E-state index contributed by atoms with van der Waals surface area (Å²) in [6.45, 7) is 2.91. The fourth-order valence-electron chi connectivity index (χ4n) is 1.72. The predicted octanol–water partition coefficient (Wildman–Crippen LogP) is 3.56. The molecule has 2 aromatic rings. The minimum absolute atomic E-state index is 0.288. The Morgan fingerprint density at radius 2 is 1.70 bits per heavy atom. The van der Waals surface area contributed by atoms with E-state index in [1.54, 1.807) is 18.2 Å². The van der Waals surface area contributed by atoms with Crippen LogP contribution < -0.4 is 15.2 Å². The maximum Gasteiger partial charge on any atom is 0.126 e. The Labute approximate surface area is 118 Å². The molecule has 106 valence electrons. The smallest absolute Gasteiger partial charge is 0.126 e. The van der Waals surface area contributed by atoms with E-state index in [2.05, 4.69) is 0 Å². The molecule has 0 atom stereocenters. The van der Waals surface area contributed by atoms with Crippen LogP contribution in [0.15, 0.2) is 42.5 Å². The van der Waals surface area contributed by atoms with Crippen molar-refractivity contribution in [2.75, 3.05) is 18.9 Å². The second-order valence-electron chi connectivity index (χ2n) is 4.53. The number of rotatable bonds is 6. The number of anilines is 1. The molecule has 0 radical (unpaired) electrons. The number of benzene rings is 2. The van der Waals surface area contributed by atoms with Crippen molar-refractivity contribution in [1.82, 2.24) is 0 Å². The number of nitrogen functional groups attached to an aromatic ring is 1. The number of ether oxygens (including phenoxy) is 2. The highest BCUT2D eigenvalue weighted by atomic mass is 19.1. The first-order chi connectivity index (χ1) is 9.65. The highest BCUT2D eigenvalue weighted by Gasteiger charge is 2.01. The van der Waals surface area contributed by atoms with Gasteiger partial charge in [-0.15, -0.1) is 0 Å². The van der Waals surface area contributed by atoms with Crippen LogP contribution in [0.25, 0.3) is 0 Å². The maximum atomic E-state index is 13.1. The van der Waals surface area contributed by atoms with Gasteiger partial charge in [0.1, 0.15) is 17.3 Å². The van der Waals surface area contributed by atoms with E-state index in [-0.39, 0.29) is 5.82 Å². The van der Waals surface area contributed by atoms with E-state index in [1.807, 2.05) is 19.1 Å². The summed E-state index contributed by atoms with van der Waals surface area (Å²) in [4.78, 5) is 0. The molecule has 0 aromatic heterocycles. The lowest BCUT2D eigenvalue weighted by Gasteiger charge is -2.10. The zero-order valence-electron chi connectivity index (χ0n) is 11.4. The average molecular weight is 275 g/mol. The molecule has 2 N–H and O–H groups in total. The lowest BCUT2D eigenvalue weighted by Crippen LogP contribution is -2.05. The molecule has 0 fully saturated rings. The molecule has 0 aliphatic rings. The summed E-state index contributed by atoms with van der Waals surface area (Å²) in [5, 5.41) is 0. The third-order valence-corrected chi connectivity index (χ3v) is 2.85. The molecule has 2 rings (SSSR count). The van der Waals surface area contributed by atoms with Gasteiger partial charge in [-0.05, 0) is 42.8 Å². The number of halogens is 1. The van der Waals surface area contributed by atoms with Crippen molar-refractivity contribution in [2.45, 2.75) is 13.3 Å². The highest BCUT2D eigenvalue weighted by molar-refractivity contribution is 5.41. The molecule has 0 saturated heterocycles. The Hall–Kier alpha value is -2.23. The number of hydrogen-bond donors (Lipinski definition) is 1. The van der Waals surface area contributed by atoms with Crippen LogP contribution >= 0.6 is 0 Å². The molecular formula is C16H18FNO2. The Balaban J connectivity index is 1.71. The van der Waals surface area contributed by atoms with Crippen LogP contribution in [-0.4, -0.2) is 13.2 Å². The van der Waals surface area contributed by atoms with Crippen molar-refractivity contribution in [3.05, 3.63) is 53.8 Å². The van der Waals surface area contributed by atoms with Crippen LogP contribution in [0.1, 0.15) is 12.0 Å². The summed E-state index contributed by atoms with van der Waals surface area (Å²) >= 11 is 0. The summed E-state index contributed by atoms with van der Waals surface area (Å²) < 4.78 is 24.1. The lowest BCUT2D eigenvalue weighted by atomic mass is 10.2. The summed E-state index contributed by atoms with van der Waals surface area (Å²) in [5.41, 5.74) is 7.22. The minimum atomic E-state index is -0.288. The van der Waals surface area contributed by atoms with Crippen molar-refractivity contribution in [2.24, 2.45) is 0 Å². The van der Waals surface area contributed by atoms with Gasteiger partial charge in [-0.1, -0.05) is 6.07 Å². The second-order valence-corrected chi connectivity index (χ2v) is 4.53. The van der Waals surface area contributed by atoms with Gasteiger partial charge in [0.2, 0.25) is 0 Å². The molecule has 0 spiro atoms. The van der Waals surface area contributed by atoms with Crippen LogP contribution in [0.2, 0.25) is 0 Å². The van der Waals surface area contributed by atoms with E-state index >= 15 is 0 Å². The van der Waals surface area contributed by atoms with Crippen molar-refractivity contribution in [1.29, 1.82) is 0 Å². The monoisotopic (exact) mass is 275 g/mol. The molecule has 3 nitrogen and oxygen atoms in total. The van der Waals surface area contributed by atoms with Gasteiger partial charge in [0, 0.05) is 18.2 Å². The molecule has 0 aliphatic carbocycles. The first kappa shape index (κ1) is 14.2. The zero-order valence-corrected chi connectivity index (χ0v) is 11.4. The van der Waals surface area contributed by atoms with E-state index in [4.69, 9.17) is 15.2 Å². The van der Waals surface area contributed by atoms with Crippen LogP contribution in [0, 0.1) is 12.7 Å². The molecule has 0 saturated carbocycles. The summed E-state index contributed by atoms with van der Waals surface area (Å²) in [5.74, 6) is 1.07. The van der Waals surface area contributed by atoms with Gasteiger partial charge in [0.05, 0.1) is 13.2 Å². The number of aryl methyl sites for hydroxylation is 1. The largest absolute Gasteiger partial charge is 0.493 e. The van der Waals surface area contributed by atoms with Gasteiger partial charge in [-0.2, -0.15) is 0 Å². The number of nitrogens with two attached hydrogens (primary N) is 1. The molecule has 0 unspecified atom stereocenters. The molecule has 0 heterocycles. The molecule has 4 heteroatoms. The lowest BCUT2D eigenvalue weighted by molar-refractivity contribution is 0.246. The van der Waals surface area contributed by atoms with Gasteiger partial charge >= 0.3 is 0 Å². The van der Waals surface area contributed by atoms with Crippen molar-refractivity contribution >= 4 is 5.69 Å². The summed E-state index contributed by atoms with van der Waals surface area (Å²) in [7, 11) is 0. The van der Waals surface area contributed by atoms with Crippen LogP contribution in [-0.2, 0) is 0 Å². The number of hydrogen-bond acceptors (Lipinski definition) is 3. The molecule has 2 aromatic carbocycles. The molecule has 0 bridgehead atoms. The first-order valence-corrected chi connectivity index (χ1v) is 6.52. The van der Waals surface area contributed by atoms with E-state index in [1.165, 1.54) is 12.1 Å². The third-order valence-electron chi connectivity index (χ3n) is 2.85. The topological polar surface area (TPSA) is 44.5 Å². The molecule has 0 amide bonds. The standard InChI is InChI=1S/C16H18FNO2/c1-12-3-4-13(17)11-16(12)20-10-2-9-19-15-7-5-14(18)6-8-15/h3-8,11H,2,9-10,18H2,1H3. The normalized spacial score (nSPS) is 10.3. The summed E-state index contributed by atoms with van der Waals surface area (Å²) in [6, 6.07) is 11.8. The van der Waals surface area contributed by atoms with Crippen molar-refractivity contribution < 1.29 is 13.9 Å². The van der Waals surface area contributed by atoms with Gasteiger partial charge in [-0.25, -0.2) is 4.39 Å². The van der Waals surface area contributed by atoms with Gasteiger partial charge in [0.15, 0.2) is 0 Å². The maximum absolute atomic E-state index is 13.1. The SMILES string of the molecule is Cc1ccc(F)cc1OCCCOc1ccc(N)cc1. The third kappa shape index (κ3) is 4.16.